The predicted octanol–water partition coefficient (Wildman–Crippen LogP) is 1.68. The fourth-order valence-corrected chi connectivity index (χ4v) is 1.67. The molecule has 0 saturated carbocycles. The summed E-state index contributed by atoms with van der Waals surface area (Å²) in [6.45, 7) is 8.61. The minimum atomic E-state index is -3.14. The lowest BCUT2D eigenvalue weighted by Gasteiger charge is -2.01. The van der Waals surface area contributed by atoms with Crippen LogP contribution in [0.15, 0.2) is 35.8 Å². The number of sulfone groups is 1. The van der Waals surface area contributed by atoms with Crippen LogP contribution in [0.3, 0.4) is 0 Å². The van der Waals surface area contributed by atoms with E-state index in [4.69, 9.17) is 0 Å². The van der Waals surface area contributed by atoms with Crippen LogP contribution in [0.1, 0.15) is 6.92 Å². The molecule has 0 aliphatic rings. The molecule has 0 spiro atoms. The van der Waals surface area contributed by atoms with E-state index < -0.39 is 9.84 Å². The van der Waals surface area contributed by atoms with E-state index in [2.05, 4.69) is 13.2 Å². The molecule has 0 saturated heterocycles. The van der Waals surface area contributed by atoms with Gasteiger partial charge in [-0.05, 0) is 18.6 Å². The SMILES string of the molecule is C=C/C=C(\C(=C)C)S(C)(=O)=O. The van der Waals surface area contributed by atoms with Crippen molar-refractivity contribution in [3.63, 3.8) is 0 Å². The van der Waals surface area contributed by atoms with Gasteiger partial charge in [-0.15, -0.1) is 0 Å². The van der Waals surface area contributed by atoms with E-state index in [1.807, 2.05) is 0 Å². The first-order valence-electron chi connectivity index (χ1n) is 3.08. The molecular weight excluding hydrogens is 160 g/mol. The molecule has 62 valence electrons. The molecule has 0 aliphatic heterocycles. The molecule has 2 nitrogen and oxygen atoms in total. The molecule has 0 amide bonds. The van der Waals surface area contributed by atoms with Gasteiger partial charge in [-0.2, -0.15) is 0 Å². The number of rotatable bonds is 3. The molecule has 0 heterocycles. The second-order valence-electron chi connectivity index (χ2n) is 2.32. The van der Waals surface area contributed by atoms with E-state index in [9.17, 15) is 8.42 Å². The van der Waals surface area contributed by atoms with Crippen LogP contribution in [-0.4, -0.2) is 14.7 Å². The normalized spacial score (nSPS) is 12.7. The van der Waals surface area contributed by atoms with Crippen molar-refractivity contribution < 1.29 is 8.42 Å². The third kappa shape index (κ3) is 3.18. The number of hydrogen-bond acceptors (Lipinski definition) is 2. The Morgan fingerprint density at radius 2 is 1.91 bits per heavy atom. The Hall–Kier alpha value is -0.830. The molecule has 0 rings (SSSR count). The standard InChI is InChI=1S/C8H12O2S/c1-5-6-8(7(2)3)11(4,9)10/h5-6H,1-2H2,3-4H3/b8-6+. The van der Waals surface area contributed by atoms with Crippen molar-refractivity contribution in [3.8, 4) is 0 Å². The van der Waals surface area contributed by atoms with Gasteiger partial charge in [0.25, 0.3) is 0 Å². The molecule has 0 atom stereocenters. The molecule has 0 aromatic heterocycles. The van der Waals surface area contributed by atoms with Gasteiger partial charge in [0.1, 0.15) is 0 Å². The Bertz CT molecular complexity index is 294. The van der Waals surface area contributed by atoms with E-state index in [1.54, 1.807) is 6.92 Å². The van der Waals surface area contributed by atoms with Crippen LogP contribution < -0.4 is 0 Å². The van der Waals surface area contributed by atoms with Crippen molar-refractivity contribution in [2.75, 3.05) is 6.26 Å². The highest BCUT2D eigenvalue weighted by Gasteiger charge is 2.09. The number of hydrogen-bond donors (Lipinski definition) is 0. The van der Waals surface area contributed by atoms with Crippen molar-refractivity contribution in [2.24, 2.45) is 0 Å². The second-order valence-corrected chi connectivity index (χ2v) is 4.30. The Morgan fingerprint density at radius 1 is 1.45 bits per heavy atom. The minimum absolute atomic E-state index is 0.243. The lowest BCUT2D eigenvalue weighted by molar-refractivity contribution is 0.608. The average Bonchev–Trinajstić information content (AvgIpc) is 1.79. The Kier molecular flexibility index (Phi) is 3.26. The summed E-state index contributed by atoms with van der Waals surface area (Å²) in [5.74, 6) is 0. The van der Waals surface area contributed by atoms with Gasteiger partial charge in [-0.25, -0.2) is 8.42 Å². The van der Waals surface area contributed by atoms with Gasteiger partial charge < -0.3 is 0 Å². The molecule has 0 aliphatic carbocycles. The Morgan fingerprint density at radius 3 is 2.00 bits per heavy atom. The minimum Gasteiger partial charge on any atom is -0.224 e. The van der Waals surface area contributed by atoms with Gasteiger partial charge in [0.05, 0.1) is 4.91 Å². The Labute approximate surface area is 67.9 Å². The smallest absolute Gasteiger partial charge is 0.175 e. The summed E-state index contributed by atoms with van der Waals surface area (Å²) in [5.41, 5.74) is 0.535. The molecule has 0 aromatic rings. The third-order valence-corrected chi connectivity index (χ3v) is 2.37. The zero-order valence-corrected chi connectivity index (χ0v) is 7.61. The van der Waals surface area contributed by atoms with Gasteiger partial charge in [0, 0.05) is 6.26 Å². The maximum absolute atomic E-state index is 11.0. The van der Waals surface area contributed by atoms with E-state index in [1.165, 1.54) is 12.2 Å². The highest BCUT2D eigenvalue weighted by Crippen LogP contribution is 2.13. The van der Waals surface area contributed by atoms with E-state index in [0.717, 1.165) is 6.26 Å². The van der Waals surface area contributed by atoms with Crippen LogP contribution in [0.4, 0.5) is 0 Å². The third-order valence-electron chi connectivity index (χ3n) is 1.09. The highest BCUT2D eigenvalue weighted by molar-refractivity contribution is 7.94. The maximum Gasteiger partial charge on any atom is 0.175 e. The summed E-state index contributed by atoms with van der Waals surface area (Å²) in [6, 6.07) is 0. The lowest BCUT2D eigenvalue weighted by Crippen LogP contribution is -2.00. The molecule has 0 bridgehead atoms. The van der Waals surface area contributed by atoms with E-state index >= 15 is 0 Å². The molecule has 0 radical (unpaired) electrons. The van der Waals surface area contributed by atoms with Gasteiger partial charge in [0.2, 0.25) is 0 Å². The second kappa shape index (κ2) is 3.53. The molecule has 3 heteroatoms. The van der Waals surface area contributed by atoms with Crippen LogP contribution in [0, 0.1) is 0 Å². The lowest BCUT2D eigenvalue weighted by atomic mass is 10.3. The van der Waals surface area contributed by atoms with Gasteiger partial charge in [-0.3, -0.25) is 0 Å². The van der Waals surface area contributed by atoms with Gasteiger partial charge >= 0.3 is 0 Å². The summed E-state index contributed by atoms with van der Waals surface area (Å²) in [6.07, 6.45) is 4.03. The summed E-state index contributed by atoms with van der Waals surface area (Å²) in [4.78, 5) is 0.243. The first kappa shape index (κ1) is 10.2. The van der Waals surface area contributed by atoms with Crippen molar-refractivity contribution >= 4 is 9.84 Å². The largest absolute Gasteiger partial charge is 0.224 e. The monoisotopic (exact) mass is 172 g/mol. The van der Waals surface area contributed by atoms with Crippen LogP contribution in [0.2, 0.25) is 0 Å². The summed E-state index contributed by atoms with van der Waals surface area (Å²) in [7, 11) is -3.14. The van der Waals surface area contributed by atoms with Crippen LogP contribution in [-0.2, 0) is 9.84 Å². The topological polar surface area (TPSA) is 34.1 Å². The molecule has 0 unspecified atom stereocenters. The summed E-state index contributed by atoms with van der Waals surface area (Å²) >= 11 is 0. The van der Waals surface area contributed by atoms with E-state index in [0.29, 0.717) is 5.57 Å². The fraction of sp³-hybridized carbons (Fsp3) is 0.250. The zero-order valence-electron chi connectivity index (χ0n) is 6.79. The summed E-state index contributed by atoms with van der Waals surface area (Å²) < 4.78 is 22.0. The number of allylic oxidation sites excluding steroid dienone is 3. The van der Waals surface area contributed by atoms with Crippen LogP contribution in [0.5, 0.6) is 0 Å². The van der Waals surface area contributed by atoms with E-state index in [-0.39, 0.29) is 4.91 Å². The fourth-order valence-electron chi connectivity index (χ4n) is 0.689. The Balaban J connectivity index is 5.11. The molecular formula is C8H12O2S. The molecule has 11 heavy (non-hydrogen) atoms. The van der Waals surface area contributed by atoms with Gasteiger partial charge in [0.15, 0.2) is 9.84 Å². The van der Waals surface area contributed by atoms with Crippen molar-refractivity contribution in [3.05, 3.63) is 35.8 Å². The van der Waals surface area contributed by atoms with Crippen LogP contribution in [0.25, 0.3) is 0 Å². The summed E-state index contributed by atoms with van der Waals surface area (Å²) in [5, 5.41) is 0. The maximum atomic E-state index is 11.0. The van der Waals surface area contributed by atoms with Crippen LogP contribution >= 0.6 is 0 Å². The van der Waals surface area contributed by atoms with Gasteiger partial charge in [-0.1, -0.05) is 19.2 Å². The van der Waals surface area contributed by atoms with Crippen molar-refractivity contribution in [1.29, 1.82) is 0 Å². The average molecular weight is 172 g/mol. The first-order chi connectivity index (χ1) is 4.89. The predicted molar refractivity (Wildman–Crippen MR) is 47.9 cm³/mol. The highest BCUT2D eigenvalue weighted by atomic mass is 32.2. The van der Waals surface area contributed by atoms with Crippen molar-refractivity contribution in [2.45, 2.75) is 6.92 Å². The molecule has 0 aromatic carbocycles. The molecule has 0 N–H and O–H groups in total. The molecule has 0 fully saturated rings. The zero-order chi connectivity index (χ0) is 9.07. The quantitative estimate of drug-likeness (QED) is 0.607. The van der Waals surface area contributed by atoms with Crippen molar-refractivity contribution in [1.82, 2.24) is 0 Å². The first-order valence-corrected chi connectivity index (χ1v) is 4.97.